The van der Waals surface area contributed by atoms with Crippen LogP contribution in [-0.2, 0) is 9.59 Å². The van der Waals surface area contributed by atoms with E-state index >= 15 is 0 Å². The Hall–Kier alpha value is -2.39. The van der Waals surface area contributed by atoms with Crippen molar-refractivity contribution in [2.45, 2.75) is 6.42 Å². The number of rotatable bonds is 5. The Bertz CT molecular complexity index is 506. The molecule has 0 aliphatic carbocycles. The molecule has 1 aromatic carbocycles. The first kappa shape index (κ1) is 14.7. The second-order valence-corrected chi connectivity index (χ2v) is 4.21. The van der Waals surface area contributed by atoms with Crippen molar-refractivity contribution in [3.05, 3.63) is 24.3 Å². The van der Waals surface area contributed by atoms with Gasteiger partial charge in [0.05, 0.1) is 24.0 Å². The van der Waals surface area contributed by atoms with Crippen molar-refractivity contribution in [1.82, 2.24) is 4.90 Å². The molecule has 0 fully saturated rings. The van der Waals surface area contributed by atoms with E-state index in [0.717, 1.165) is 0 Å². The SMILES string of the molecule is CN(C)CC(=O)Nc1ccccc1NC(=O)CC#N. The quantitative estimate of drug-likeness (QED) is 0.828. The van der Waals surface area contributed by atoms with Crippen molar-refractivity contribution in [3.8, 4) is 6.07 Å². The molecule has 1 rings (SSSR count). The second-order valence-electron chi connectivity index (χ2n) is 4.21. The number of anilines is 2. The minimum Gasteiger partial charge on any atom is -0.323 e. The number of hydrogen-bond donors (Lipinski definition) is 2. The summed E-state index contributed by atoms with van der Waals surface area (Å²) < 4.78 is 0. The van der Waals surface area contributed by atoms with Crippen LogP contribution in [-0.4, -0.2) is 37.4 Å². The van der Waals surface area contributed by atoms with E-state index in [1.807, 2.05) is 0 Å². The van der Waals surface area contributed by atoms with Crippen molar-refractivity contribution in [2.24, 2.45) is 0 Å². The molecule has 0 spiro atoms. The molecule has 0 saturated heterocycles. The summed E-state index contributed by atoms with van der Waals surface area (Å²) in [6, 6.07) is 8.62. The van der Waals surface area contributed by atoms with Gasteiger partial charge in [-0.2, -0.15) is 5.26 Å². The number of para-hydroxylation sites is 2. The van der Waals surface area contributed by atoms with Gasteiger partial charge in [0.1, 0.15) is 6.42 Å². The van der Waals surface area contributed by atoms with Gasteiger partial charge in [-0.15, -0.1) is 0 Å². The molecule has 2 amide bonds. The standard InChI is InChI=1S/C13H16N4O2/c1-17(2)9-13(19)16-11-6-4-3-5-10(11)15-12(18)7-8-14/h3-6H,7,9H2,1-2H3,(H,15,18)(H,16,19). The van der Waals surface area contributed by atoms with Gasteiger partial charge in [0.15, 0.2) is 0 Å². The lowest BCUT2D eigenvalue weighted by molar-refractivity contribution is -0.117. The number of hydrogen-bond acceptors (Lipinski definition) is 4. The number of carbonyl (C=O) groups excluding carboxylic acids is 2. The smallest absolute Gasteiger partial charge is 0.238 e. The molecule has 0 unspecified atom stereocenters. The zero-order valence-corrected chi connectivity index (χ0v) is 10.9. The average Bonchev–Trinajstić information content (AvgIpc) is 2.30. The normalized spacial score (nSPS) is 9.79. The Morgan fingerprint density at radius 2 is 1.68 bits per heavy atom. The predicted octanol–water partition coefficient (Wildman–Crippen LogP) is 1.04. The topological polar surface area (TPSA) is 85.2 Å². The highest BCUT2D eigenvalue weighted by Crippen LogP contribution is 2.20. The van der Waals surface area contributed by atoms with Gasteiger partial charge in [-0.05, 0) is 26.2 Å². The summed E-state index contributed by atoms with van der Waals surface area (Å²) in [6.07, 6.45) is -0.222. The molecule has 0 bridgehead atoms. The third kappa shape index (κ3) is 5.19. The van der Waals surface area contributed by atoms with Crippen molar-refractivity contribution in [3.63, 3.8) is 0 Å². The first-order valence-electron chi connectivity index (χ1n) is 5.73. The van der Waals surface area contributed by atoms with Gasteiger partial charge in [-0.1, -0.05) is 12.1 Å². The summed E-state index contributed by atoms with van der Waals surface area (Å²) in [5, 5.41) is 13.7. The van der Waals surface area contributed by atoms with E-state index < -0.39 is 5.91 Å². The number of amides is 2. The molecule has 19 heavy (non-hydrogen) atoms. The number of benzene rings is 1. The fraction of sp³-hybridized carbons (Fsp3) is 0.308. The Labute approximate surface area is 112 Å². The molecule has 0 aromatic heterocycles. The Kier molecular flexibility index (Phi) is 5.51. The summed E-state index contributed by atoms with van der Waals surface area (Å²) in [5.74, 6) is -0.580. The monoisotopic (exact) mass is 260 g/mol. The minimum absolute atomic E-state index is 0.174. The van der Waals surface area contributed by atoms with Gasteiger partial charge in [0, 0.05) is 0 Å². The number of carbonyl (C=O) groups is 2. The summed E-state index contributed by atoms with van der Waals surface area (Å²) in [4.78, 5) is 24.8. The largest absolute Gasteiger partial charge is 0.323 e. The molecule has 0 atom stereocenters. The van der Waals surface area contributed by atoms with Crippen LogP contribution in [0, 0.1) is 11.3 Å². The van der Waals surface area contributed by atoms with Crippen LogP contribution in [0.5, 0.6) is 0 Å². The molecule has 0 radical (unpaired) electrons. The number of nitrogens with zero attached hydrogens (tertiary/aromatic N) is 2. The van der Waals surface area contributed by atoms with E-state index in [-0.39, 0.29) is 18.9 Å². The second kappa shape index (κ2) is 7.13. The average molecular weight is 260 g/mol. The van der Waals surface area contributed by atoms with Gasteiger partial charge in [-0.25, -0.2) is 0 Å². The lowest BCUT2D eigenvalue weighted by Crippen LogP contribution is -2.27. The maximum Gasteiger partial charge on any atom is 0.238 e. The van der Waals surface area contributed by atoms with Crippen LogP contribution in [0.3, 0.4) is 0 Å². The fourth-order valence-corrected chi connectivity index (χ4v) is 1.44. The number of nitriles is 1. The summed E-state index contributed by atoms with van der Waals surface area (Å²) in [6.45, 7) is 0.250. The summed E-state index contributed by atoms with van der Waals surface area (Å²) in [7, 11) is 3.58. The molecular formula is C13H16N4O2. The van der Waals surface area contributed by atoms with Gasteiger partial charge < -0.3 is 15.5 Å². The van der Waals surface area contributed by atoms with Gasteiger partial charge in [-0.3, -0.25) is 9.59 Å². The first-order valence-corrected chi connectivity index (χ1v) is 5.73. The molecule has 0 saturated carbocycles. The molecule has 0 heterocycles. The molecule has 0 aliphatic heterocycles. The third-order valence-corrected chi connectivity index (χ3v) is 2.17. The zero-order valence-electron chi connectivity index (χ0n) is 10.9. The van der Waals surface area contributed by atoms with E-state index in [2.05, 4.69) is 10.6 Å². The van der Waals surface area contributed by atoms with Crippen LogP contribution in [0.1, 0.15) is 6.42 Å². The van der Waals surface area contributed by atoms with E-state index in [4.69, 9.17) is 5.26 Å². The Morgan fingerprint density at radius 1 is 1.16 bits per heavy atom. The van der Waals surface area contributed by atoms with Crippen LogP contribution >= 0.6 is 0 Å². The number of likely N-dealkylation sites (N-methyl/N-ethyl adjacent to an activating group) is 1. The van der Waals surface area contributed by atoms with Gasteiger partial charge >= 0.3 is 0 Å². The van der Waals surface area contributed by atoms with Crippen molar-refractivity contribution in [2.75, 3.05) is 31.3 Å². The Morgan fingerprint density at radius 3 is 2.16 bits per heavy atom. The van der Waals surface area contributed by atoms with Crippen LogP contribution in [0.2, 0.25) is 0 Å². The minimum atomic E-state index is -0.406. The molecule has 2 N–H and O–H groups in total. The first-order chi connectivity index (χ1) is 9.02. The molecule has 0 aliphatic rings. The lowest BCUT2D eigenvalue weighted by Gasteiger charge is -2.13. The lowest BCUT2D eigenvalue weighted by atomic mass is 10.2. The fourth-order valence-electron chi connectivity index (χ4n) is 1.44. The van der Waals surface area contributed by atoms with Crippen LogP contribution in [0.4, 0.5) is 11.4 Å². The highest BCUT2D eigenvalue weighted by molar-refractivity contribution is 6.00. The molecule has 6 heteroatoms. The van der Waals surface area contributed by atoms with Crippen molar-refractivity contribution < 1.29 is 9.59 Å². The summed E-state index contributed by atoms with van der Waals surface area (Å²) in [5.41, 5.74) is 0.996. The van der Waals surface area contributed by atoms with Crippen LogP contribution in [0.25, 0.3) is 0 Å². The highest BCUT2D eigenvalue weighted by Gasteiger charge is 2.09. The predicted molar refractivity (Wildman–Crippen MR) is 72.5 cm³/mol. The van der Waals surface area contributed by atoms with E-state index in [9.17, 15) is 9.59 Å². The van der Waals surface area contributed by atoms with Crippen LogP contribution in [0.15, 0.2) is 24.3 Å². The van der Waals surface area contributed by atoms with Crippen molar-refractivity contribution >= 4 is 23.2 Å². The summed E-state index contributed by atoms with van der Waals surface area (Å²) >= 11 is 0. The van der Waals surface area contributed by atoms with Crippen LogP contribution < -0.4 is 10.6 Å². The molecule has 100 valence electrons. The maximum atomic E-state index is 11.7. The zero-order chi connectivity index (χ0) is 14.3. The number of nitrogens with one attached hydrogen (secondary N) is 2. The van der Waals surface area contributed by atoms with E-state index in [0.29, 0.717) is 11.4 Å². The molecular weight excluding hydrogens is 244 g/mol. The Balaban J connectivity index is 2.76. The van der Waals surface area contributed by atoms with Gasteiger partial charge in [0.2, 0.25) is 11.8 Å². The highest BCUT2D eigenvalue weighted by atomic mass is 16.2. The van der Waals surface area contributed by atoms with Crippen molar-refractivity contribution in [1.29, 1.82) is 5.26 Å². The molecule has 1 aromatic rings. The third-order valence-electron chi connectivity index (χ3n) is 2.17. The van der Waals surface area contributed by atoms with Gasteiger partial charge in [0.25, 0.3) is 0 Å². The van der Waals surface area contributed by atoms with E-state index in [1.165, 1.54) is 0 Å². The van der Waals surface area contributed by atoms with E-state index in [1.54, 1.807) is 49.3 Å². The maximum absolute atomic E-state index is 11.7. The molecule has 6 nitrogen and oxygen atoms in total.